The molecule has 1 saturated carbocycles. The fraction of sp³-hybridized carbons (Fsp3) is 0.625. The van der Waals surface area contributed by atoms with Gasteiger partial charge in [-0.3, -0.25) is 14.2 Å². The summed E-state index contributed by atoms with van der Waals surface area (Å²) in [4.78, 5) is 30.2. The van der Waals surface area contributed by atoms with Crippen molar-refractivity contribution in [1.29, 1.82) is 0 Å². The first-order chi connectivity index (χ1) is 14.7. The van der Waals surface area contributed by atoms with E-state index in [1.807, 2.05) is 4.57 Å². The van der Waals surface area contributed by atoms with Crippen LogP contribution < -0.4 is 10.9 Å². The van der Waals surface area contributed by atoms with Crippen molar-refractivity contribution in [1.82, 2.24) is 14.9 Å². The van der Waals surface area contributed by atoms with Crippen molar-refractivity contribution < 1.29 is 9.53 Å². The lowest BCUT2D eigenvalue weighted by atomic mass is 9.98. The first-order valence-corrected chi connectivity index (χ1v) is 11.7. The van der Waals surface area contributed by atoms with Gasteiger partial charge in [-0.25, -0.2) is 4.98 Å². The lowest BCUT2D eigenvalue weighted by molar-refractivity contribution is 0.0273. The third-order valence-corrected chi connectivity index (χ3v) is 6.34. The van der Waals surface area contributed by atoms with Gasteiger partial charge in [-0.2, -0.15) is 0 Å². The third-order valence-electron chi connectivity index (χ3n) is 6.34. The van der Waals surface area contributed by atoms with Crippen LogP contribution in [0.4, 0.5) is 0 Å². The maximum Gasteiger partial charge on any atom is 0.261 e. The Morgan fingerprint density at radius 2 is 1.90 bits per heavy atom. The number of fused-ring (bicyclic) bond motifs is 2. The van der Waals surface area contributed by atoms with E-state index in [9.17, 15) is 9.59 Å². The summed E-state index contributed by atoms with van der Waals surface area (Å²) in [5, 5.41) is 3.56. The summed E-state index contributed by atoms with van der Waals surface area (Å²) in [6.07, 6.45) is 12.6. The van der Waals surface area contributed by atoms with Crippen molar-refractivity contribution in [2.75, 3.05) is 13.2 Å². The van der Waals surface area contributed by atoms with E-state index >= 15 is 0 Å². The largest absolute Gasteiger partial charge is 0.378 e. The number of hydrogen-bond acceptors (Lipinski definition) is 4. The number of aryl methyl sites for hydroxylation is 1. The number of carbonyl (C=O) groups excluding carboxylic acids is 1. The van der Waals surface area contributed by atoms with Crippen LogP contribution in [0, 0.1) is 0 Å². The van der Waals surface area contributed by atoms with E-state index in [0.29, 0.717) is 35.7 Å². The van der Waals surface area contributed by atoms with E-state index in [0.717, 1.165) is 44.5 Å². The second-order valence-corrected chi connectivity index (χ2v) is 8.62. The average Bonchev–Trinajstić information content (AvgIpc) is 2.75. The number of rotatable bonds is 6. The summed E-state index contributed by atoms with van der Waals surface area (Å²) in [7, 11) is 0. The summed E-state index contributed by atoms with van der Waals surface area (Å²) >= 11 is 0. The summed E-state index contributed by atoms with van der Waals surface area (Å²) < 4.78 is 7.74. The fourth-order valence-electron chi connectivity index (χ4n) is 4.59. The summed E-state index contributed by atoms with van der Waals surface area (Å²) in [6, 6.07) is 5.23. The van der Waals surface area contributed by atoms with Crippen molar-refractivity contribution in [3.63, 3.8) is 0 Å². The molecule has 2 heterocycles. The molecule has 1 aliphatic heterocycles. The maximum absolute atomic E-state index is 12.9. The van der Waals surface area contributed by atoms with Crippen molar-refractivity contribution in [2.45, 2.75) is 83.3 Å². The Morgan fingerprint density at radius 3 is 2.77 bits per heavy atom. The van der Waals surface area contributed by atoms with Crippen LogP contribution in [-0.4, -0.2) is 34.7 Å². The zero-order valence-electron chi connectivity index (χ0n) is 17.8. The normalized spacial score (nSPS) is 17.9. The van der Waals surface area contributed by atoms with Gasteiger partial charge in [0, 0.05) is 31.7 Å². The molecular weight excluding hydrogens is 378 g/mol. The highest BCUT2D eigenvalue weighted by Crippen LogP contribution is 2.20. The number of nitrogens with one attached hydrogen (secondary N) is 1. The summed E-state index contributed by atoms with van der Waals surface area (Å²) in [6.45, 7) is 2.01. The molecule has 1 N–H and O–H groups in total. The van der Waals surface area contributed by atoms with E-state index in [4.69, 9.17) is 9.72 Å². The SMILES string of the molecule is O=C(NCCCOC1CCCCC1)c1ccc2c(=O)n3c(nc2c1)CCCCCC3. The number of ether oxygens (including phenoxy) is 1. The fourth-order valence-corrected chi connectivity index (χ4v) is 4.59. The second-order valence-electron chi connectivity index (χ2n) is 8.62. The molecule has 1 aliphatic carbocycles. The Morgan fingerprint density at radius 1 is 1.10 bits per heavy atom. The first-order valence-electron chi connectivity index (χ1n) is 11.7. The standard InChI is InChI=1S/C24H33N3O3/c28-23(25-14-8-16-30-19-9-4-3-5-10-19)18-12-13-20-21(17-18)26-22-11-6-1-2-7-15-27(22)24(20)29/h12-13,17,19H,1-11,14-16H2,(H,25,28). The molecule has 162 valence electrons. The monoisotopic (exact) mass is 411 g/mol. The van der Waals surface area contributed by atoms with E-state index in [1.165, 1.54) is 38.5 Å². The predicted molar refractivity (Wildman–Crippen MR) is 118 cm³/mol. The quantitative estimate of drug-likeness (QED) is 0.730. The molecule has 0 saturated heterocycles. The summed E-state index contributed by atoms with van der Waals surface area (Å²) in [5.74, 6) is 0.729. The molecule has 0 spiro atoms. The summed E-state index contributed by atoms with van der Waals surface area (Å²) in [5.41, 5.74) is 1.20. The molecule has 6 heteroatoms. The molecule has 0 unspecified atom stereocenters. The van der Waals surface area contributed by atoms with Crippen LogP contribution in [0.25, 0.3) is 10.9 Å². The lowest BCUT2D eigenvalue weighted by Gasteiger charge is -2.21. The van der Waals surface area contributed by atoms with Gasteiger partial charge in [0.15, 0.2) is 0 Å². The molecule has 0 radical (unpaired) electrons. The average molecular weight is 412 g/mol. The maximum atomic E-state index is 12.9. The van der Waals surface area contributed by atoms with Gasteiger partial charge in [0.1, 0.15) is 5.82 Å². The van der Waals surface area contributed by atoms with Crippen LogP contribution in [0.3, 0.4) is 0 Å². The van der Waals surface area contributed by atoms with Crippen LogP contribution >= 0.6 is 0 Å². The number of aromatic nitrogens is 2. The number of benzene rings is 1. The number of nitrogens with zero attached hydrogens (tertiary/aromatic N) is 2. The molecule has 2 aliphatic rings. The minimum atomic E-state index is -0.122. The molecule has 0 atom stereocenters. The zero-order chi connectivity index (χ0) is 20.8. The Hall–Kier alpha value is -2.21. The van der Waals surface area contributed by atoms with E-state index in [-0.39, 0.29) is 11.5 Å². The smallest absolute Gasteiger partial charge is 0.261 e. The van der Waals surface area contributed by atoms with E-state index in [2.05, 4.69) is 5.32 Å². The Labute approximate surface area is 178 Å². The molecular formula is C24H33N3O3. The van der Waals surface area contributed by atoms with Crippen LogP contribution in [0.15, 0.2) is 23.0 Å². The molecule has 4 rings (SSSR count). The Bertz CT molecular complexity index is 931. The topological polar surface area (TPSA) is 73.2 Å². The van der Waals surface area contributed by atoms with Gasteiger partial charge in [0.2, 0.25) is 0 Å². The number of amides is 1. The van der Waals surface area contributed by atoms with E-state index in [1.54, 1.807) is 18.2 Å². The molecule has 1 aromatic carbocycles. The van der Waals surface area contributed by atoms with Gasteiger partial charge in [-0.05, 0) is 50.3 Å². The molecule has 2 aromatic rings. The van der Waals surface area contributed by atoms with Crippen LogP contribution in [0.2, 0.25) is 0 Å². The minimum Gasteiger partial charge on any atom is -0.378 e. The van der Waals surface area contributed by atoms with Crippen molar-refractivity contribution in [3.8, 4) is 0 Å². The minimum absolute atomic E-state index is 0.0173. The molecule has 6 nitrogen and oxygen atoms in total. The highest BCUT2D eigenvalue weighted by atomic mass is 16.5. The van der Waals surface area contributed by atoms with Gasteiger partial charge in [0.25, 0.3) is 11.5 Å². The molecule has 0 bridgehead atoms. The van der Waals surface area contributed by atoms with Crippen LogP contribution in [-0.2, 0) is 17.7 Å². The molecule has 30 heavy (non-hydrogen) atoms. The van der Waals surface area contributed by atoms with Gasteiger partial charge < -0.3 is 10.1 Å². The molecule has 1 amide bonds. The van der Waals surface area contributed by atoms with Crippen molar-refractivity contribution >= 4 is 16.8 Å². The number of hydrogen-bond donors (Lipinski definition) is 1. The number of carbonyl (C=O) groups is 1. The predicted octanol–water partition coefficient (Wildman–Crippen LogP) is 3.98. The lowest BCUT2D eigenvalue weighted by Crippen LogP contribution is -2.28. The van der Waals surface area contributed by atoms with Gasteiger partial charge in [0.05, 0.1) is 17.0 Å². The van der Waals surface area contributed by atoms with Gasteiger partial charge in [-0.15, -0.1) is 0 Å². The molecule has 1 fully saturated rings. The molecule has 1 aromatic heterocycles. The van der Waals surface area contributed by atoms with Crippen LogP contribution in [0.5, 0.6) is 0 Å². The third kappa shape index (κ3) is 5.09. The Kier molecular flexibility index (Phi) is 7.16. The van der Waals surface area contributed by atoms with Crippen molar-refractivity contribution in [2.24, 2.45) is 0 Å². The van der Waals surface area contributed by atoms with Gasteiger partial charge in [-0.1, -0.05) is 32.1 Å². The first kappa shape index (κ1) is 21.0. The van der Waals surface area contributed by atoms with E-state index < -0.39 is 0 Å². The van der Waals surface area contributed by atoms with Crippen LogP contribution in [0.1, 0.15) is 80.4 Å². The Balaban J connectivity index is 1.37. The van der Waals surface area contributed by atoms with Crippen molar-refractivity contribution in [3.05, 3.63) is 39.9 Å². The second kappa shape index (κ2) is 10.2. The van der Waals surface area contributed by atoms with Gasteiger partial charge >= 0.3 is 0 Å². The highest BCUT2D eigenvalue weighted by molar-refractivity contribution is 5.97. The highest BCUT2D eigenvalue weighted by Gasteiger charge is 2.15. The zero-order valence-corrected chi connectivity index (χ0v) is 17.8.